The Hall–Kier alpha value is -1.85. The number of rotatable bonds is 6. The van der Waals surface area contributed by atoms with E-state index in [4.69, 9.17) is 4.74 Å². The van der Waals surface area contributed by atoms with Crippen LogP contribution in [0.3, 0.4) is 0 Å². The molecule has 0 amide bonds. The Morgan fingerprint density at radius 1 is 1.09 bits per heavy atom. The van der Waals surface area contributed by atoms with Gasteiger partial charge in [-0.05, 0) is 31.0 Å². The molecule has 0 saturated heterocycles. The summed E-state index contributed by atoms with van der Waals surface area (Å²) in [6, 6.07) is 14.5. The van der Waals surface area contributed by atoms with Crippen LogP contribution in [0.1, 0.15) is 29.7 Å². The highest BCUT2D eigenvalue weighted by Crippen LogP contribution is 2.25. The smallest absolute Gasteiger partial charge is 0.216 e. The fourth-order valence-electron chi connectivity index (χ4n) is 2.38. The topological polar surface area (TPSA) is 55.4 Å². The fraction of sp³-hybridized carbons (Fsp3) is 0.294. The molecule has 0 fully saturated rings. The van der Waals surface area contributed by atoms with E-state index in [1.54, 1.807) is 7.11 Å². The highest BCUT2D eigenvalue weighted by Gasteiger charge is 2.19. The van der Waals surface area contributed by atoms with Gasteiger partial charge in [0.1, 0.15) is 5.75 Å². The van der Waals surface area contributed by atoms with Gasteiger partial charge in [-0.1, -0.05) is 42.5 Å². The Labute approximate surface area is 132 Å². The lowest BCUT2D eigenvalue weighted by atomic mass is 10.1. The van der Waals surface area contributed by atoms with E-state index in [1.165, 1.54) is 0 Å². The van der Waals surface area contributed by atoms with Crippen molar-refractivity contribution in [3.8, 4) is 5.75 Å². The molecule has 1 N–H and O–H groups in total. The van der Waals surface area contributed by atoms with Gasteiger partial charge in [0, 0.05) is 11.6 Å². The van der Waals surface area contributed by atoms with Crippen molar-refractivity contribution in [1.82, 2.24) is 4.72 Å². The van der Waals surface area contributed by atoms with E-state index in [9.17, 15) is 8.42 Å². The van der Waals surface area contributed by atoms with Gasteiger partial charge in [0.05, 0.1) is 12.9 Å². The van der Waals surface area contributed by atoms with E-state index in [0.29, 0.717) is 5.75 Å². The molecule has 0 heterocycles. The molecular weight excluding hydrogens is 298 g/mol. The van der Waals surface area contributed by atoms with E-state index >= 15 is 0 Å². The van der Waals surface area contributed by atoms with Crippen molar-refractivity contribution >= 4 is 10.0 Å². The molecule has 0 radical (unpaired) electrons. The van der Waals surface area contributed by atoms with E-state index in [-0.39, 0.29) is 11.8 Å². The van der Waals surface area contributed by atoms with Crippen molar-refractivity contribution < 1.29 is 13.2 Å². The molecule has 2 rings (SSSR count). The number of para-hydroxylation sites is 1. The minimum Gasteiger partial charge on any atom is -0.496 e. The van der Waals surface area contributed by atoms with Crippen molar-refractivity contribution in [3.05, 3.63) is 65.2 Å². The lowest BCUT2D eigenvalue weighted by Gasteiger charge is -2.17. The monoisotopic (exact) mass is 319 g/mol. The summed E-state index contributed by atoms with van der Waals surface area (Å²) >= 11 is 0. The van der Waals surface area contributed by atoms with Crippen molar-refractivity contribution in [3.63, 3.8) is 0 Å². The molecule has 1 atom stereocenters. The lowest BCUT2D eigenvalue weighted by Crippen LogP contribution is -2.28. The van der Waals surface area contributed by atoms with Gasteiger partial charge in [0.2, 0.25) is 10.0 Å². The fourth-order valence-corrected chi connectivity index (χ4v) is 3.86. The third kappa shape index (κ3) is 4.08. The van der Waals surface area contributed by atoms with Crippen LogP contribution >= 0.6 is 0 Å². The van der Waals surface area contributed by atoms with Gasteiger partial charge < -0.3 is 4.74 Å². The number of ether oxygens (including phenoxy) is 1. The van der Waals surface area contributed by atoms with E-state index < -0.39 is 10.0 Å². The molecule has 0 bridgehead atoms. The van der Waals surface area contributed by atoms with Gasteiger partial charge in [-0.25, -0.2) is 13.1 Å². The van der Waals surface area contributed by atoms with E-state index in [2.05, 4.69) is 4.72 Å². The number of benzene rings is 2. The maximum Gasteiger partial charge on any atom is 0.216 e. The highest BCUT2D eigenvalue weighted by atomic mass is 32.2. The zero-order valence-electron chi connectivity index (χ0n) is 13.0. The zero-order valence-corrected chi connectivity index (χ0v) is 13.9. The summed E-state index contributed by atoms with van der Waals surface area (Å²) in [6.07, 6.45) is 0. The first-order valence-electron chi connectivity index (χ1n) is 7.10. The maximum atomic E-state index is 12.4. The average Bonchev–Trinajstić information content (AvgIpc) is 2.49. The SMILES string of the molecule is COc1ccccc1[C@H](C)NS(=O)(=O)Cc1ccccc1C. The van der Waals surface area contributed by atoms with Gasteiger partial charge in [0.25, 0.3) is 0 Å². The summed E-state index contributed by atoms with van der Waals surface area (Å²) in [5, 5.41) is 0. The molecule has 0 aliphatic rings. The molecule has 0 unspecified atom stereocenters. The number of nitrogens with one attached hydrogen (secondary N) is 1. The Morgan fingerprint density at radius 2 is 1.73 bits per heavy atom. The van der Waals surface area contributed by atoms with Crippen LogP contribution < -0.4 is 9.46 Å². The summed E-state index contributed by atoms with van der Waals surface area (Å²) in [5.74, 6) is 0.646. The van der Waals surface area contributed by atoms with Gasteiger partial charge >= 0.3 is 0 Å². The Balaban J connectivity index is 2.16. The van der Waals surface area contributed by atoms with Crippen molar-refractivity contribution in [1.29, 1.82) is 0 Å². The van der Waals surface area contributed by atoms with Crippen molar-refractivity contribution in [2.24, 2.45) is 0 Å². The van der Waals surface area contributed by atoms with Gasteiger partial charge in [0.15, 0.2) is 0 Å². The van der Waals surface area contributed by atoms with E-state index in [1.807, 2.05) is 62.4 Å². The Bertz CT molecular complexity index is 741. The third-order valence-electron chi connectivity index (χ3n) is 3.57. The van der Waals surface area contributed by atoms with Crippen molar-refractivity contribution in [2.75, 3.05) is 7.11 Å². The molecule has 0 aromatic heterocycles. The highest BCUT2D eigenvalue weighted by molar-refractivity contribution is 7.88. The molecular formula is C17H21NO3S. The summed E-state index contributed by atoms with van der Waals surface area (Å²) in [7, 11) is -1.86. The molecule has 2 aromatic carbocycles. The first kappa shape index (κ1) is 16.5. The molecule has 4 nitrogen and oxygen atoms in total. The largest absolute Gasteiger partial charge is 0.496 e. The molecule has 0 aliphatic heterocycles. The van der Waals surface area contributed by atoms with Crippen LogP contribution in [0.2, 0.25) is 0 Å². The molecule has 0 saturated carbocycles. The minimum absolute atomic E-state index is 0.0286. The summed E-state index contributed by atoms with van der Waals surface area (Å²) in [6.45, 7) is 3.72. The quantitative estimate of drug-likeness (QED) is 0.889. The van der Waals surface area contributed by atoms with Crippen molar-refractivity contribution in [2.45, 2.75) is 25.6 Å². The van der Waals surface area contributed by atoms with Crippen LogP contribution in [0, 0.1) is 6.92 Å². The van der Waals surface area contributed by atoms with Crippen LogP contribution in [0.4, 0.5) is 0 Å². The van der Waals surface area contributed by atoms with Crippen LogP contribution in [0.15, 0.2) is 48.5 Å². The van der Waals surface area contributed by atoms with Crippen LogP contribution in [-0.2, 0) is 15.8 Å². The molecule has 22 heavy (non-hydrogen) atoms. The van der Waals surface area contributed by atoms with Gasteiger partial charge in [-0.2, -0.15) is 0 Å². The first-order chi connectivity index (χ1) is 10.4. The molecule has 118 valence electrons. The normalized spacial score (nSPS) is 12.9. The maximum absolute atomic E-state index is 12.4. The summed E-state index contributed by atoms with van der Waals surface area (Å²) in [4.78, 5) is 0. The van der Waals surface area contributed by atoms with Gasteiger partial charge in [-0.15, -0.1) is 0 Å². The molecule has 5 heteroatoms. The summed E-state index contributed by atoms with van der Waals surface area (Å²) < 4.78 is 32.8. The minimum atomic E-state index is -3.44. The van der Waals surface area contributed by atoms with Crippen LogP contribution in [0.25, 0.3) is 0 Å². The molecule has 0 aliphatic carbocycles. The molecule has 2 aromatic rings. The average molecular weight is 319 g/mol. The van der Waals surface area contributed by atoms with Crippen LogP contribution in [0.5, 0.6) is 5.75 Å². The second kappa shape index (κ2) is 6.94. The second-order valence-corrected chi connectivity index (χ2v) is 7.02. The Kier molecular flexibility index (Phi) is 5.21. The lowest BCUT2D eigenvalue weighted by molar-refractivity contribution is 0.405. The van der Waals surface area contributed by atoms with Gasteiger partial charge in [-0.3, -0.25) is 0 Å². The van der Waals surface area contributed by atoms with Crippen LogP contribution in [-0.4, -0.2) is 15.5 Å². The number of sulfonamides is 1. The second-order valence-electron chi connectivity index (χ2n) is 5.27. The first-order valence-corrected chi connectivity index (χ1v) is 8.75. The standard InChI is InChI=1S/C17H21NO3S/c1-13-8-4-5-9-15(13)12-22(19,20)18-14(2)16-10-6-7-11-17(16)21-3/h4-11,14,18H,12H2,1-3H3/t14-/m0/s1. The molecule has 0 spiro atoms. The predicted molar refractivity (Wildman–Crippen MR) is 88.3 cm³/mol. The zero-order chi connectivity index (χ0) is 16.2. The number of hydrogen-bond donors (Lipinski definition) is 1. The van der Waals surface area contributed by atoms with E-state index in [0.717, 1.165) is 16.7 Å². The number of methoxy groups -OCH3 is 1. The number of hydrogen-bond acceptors (Lipinski definition) is 3. The predicted octanol–water partition coefficient (Wildman–Crippen LogP) is 3.18. The Morgan fingerprint density at radius 3 is 2.41 bits per heavy atom. The number of aryl methyl sites for hydroxylation is 1. The third-order valence-corrected chi connectivity index (χ3v) is 4.97. The summed E-state index contributed by atoms with van der Waals surface area (Å²) in [5.41, 5.74) is 2.60.